The van der Waals surface area contributed by atoms with Gasteiger partial charge in [0.15, 0.2) is 5.69 Å². The standard InChI is InChI=1S/C20H17N5O3/c1-13-15(10-21)19(26)25(12-14-6-5-9-22-11-14)20(27)18(13)24-23-16-7-3-4-8-17(16)28-2/h3-9,11,26H,12H2,1-2H3. The molecule has 0 aliphatic carbocycles. The first kappa shape index (κ1) is 18.8. The molecule has 140 valence electrons. The molecular weight excluding hydrogens is 358 g/mol. The van der Waals surface area contributed by atoms with Gasteiger partial charge in [0, 0.05) is 18.0 Å². The molecule has 0 aliphatic heterocycles. The molecule has 0 aliphatic rings. The molecule has 0 amide bonds. The van der Waals surface area contributed by atoms with E-state index in [2.05, 4.69) is 15.2 Å². The molecule has 2 heterocycles. The molecule has 0 unspecified atom stereocenters. The van der Waals surface area contributed by atoms with Gasteiger partial charge in [-0.05, 0) is 30.7 Å². The molecule has 8 nitrogen and oxygen atoms in total. The second-order valence-corrected chi connectivity index (χ2v) is 5.91. The summed E-state index contributed by atoms with van der Waals surface area (Å²) >= 11 is 0. The molecule has 0 atom stereocenters. The SMILES string of the molecule is COc1ccccc1N=Nc1c(C)c(C#N)c(O)n(Cc2cccnc2)c1=O. The van der Waals surface area contributed by atoms with Gasteiger partial charge >= 0.3 is 0 Å². The molecular formula is C20H17N5O3. The maximum absolute atomic E-state index is 12.9. The third-order valence-electron chi connectivity index (χ3n) is 4.18. The second-order valence-electron chi connectivity index (χ2n) is 5.91. The molecule has 28 heavy (non-hydrogen) atoms. The number of benzene rings is 1. The summed E-state index contributed by atoms with van der Waals surface area (Å²) < 4.78 is 6.31. The Morgan fingerprint density at radius 3 is 2.71 bits per heavy atom. The molecule has 8 heteroatoms. The van der Waals surface area contributed by atoms with Crippen LogP contribution in [0.25, 0.3) is 0 Å². The number of azo groups is 1. The Labute approximate surface area is 161 Å². The highest BCUT2D eigenvalue weighted by atomic mass is 16.5. The fraction of sp³-hybridized carbons (Fsp3) is 0.150. The van der Waals surface area contributed by atoms with E-state index in [4.69, 9.17) is 4.74 Å². The lowest BCUT2D eigenvalue weighted by molar-refractivity contribution is 0.412. The van der Waals surface area contributed by atoms with E-state index in [9.17, 15) is 15.2 Å². The summed E-state index contributed by atoms with van der Waals surface area (Å²) in [7, 11) is 1.51. The highest BCUT2D eigenvalue weighted by molar-refractivity contribution is 5.57. The minimum absolute atomic E-state index is 0.0239. The number of methoxy groups -OCH3 is 1. The number of aromatic hydroxyl groups is 1. The van der Waals surface area contributed by atoms with Crippen molar-refractivity contribution in [1.82, 2.24) is 9.55 Å². The first-order valence-corrected chi connectivity index (χ1v) is 8.37. The highest BCUT2D eigenvalue weighted by Gasteiger charge is 2.19. The minimum Gasteiger partial charge on any atom is -0.494 e. The fourth-order valence-electron chi connectivity index (χ4n) is 2.69. The predicted molar refractivity (Wildman–Crippen MR) is 102 cm³/mol. The first-order chi connectivity index (χ1) is 13.6. The van der Waals surface area contributed by atoms with Crippen molar-refractivity contribution in [2.45, 2.75) is 13.5 Å². The Kier molecular flexibility index (Phi) is 5.46. The van der Waals surface area contributed by atoms with Crippen molar-refractivity contribution in [3.05, 3.63) is 75.8 Å². The Hall–Kier alpha value is -3.99. The first-order valence-electron chi connectivity index (χ1n) is 8.37. The third-order valence-corrected chi connectivity index (χ3v) is 4.18. The van der Waals surface area contributed by atoms with Gasteiger partial charge in [0.1, 0.15) is 23.1 Å². The average molecular weight is 375 g/mol. The van der Waals surface area contributed by atoms with Crippen molar-refractivity contribution in [2.75, 3.05) is 7.11 Å². The zero-order chi connectivity index (χ0) is 20.1. The summed E-state index contributed by atoms with van der Waals surface area (Å²) in [5, 5.41) is 28.0. The number of para-hydroxylation sites is 1. The lowest BCUT2D eigenvalue weighted by Gasteiger charge is -2.13. The van der Waals surface area contributed by atoms with Gasteiger partial charge in [-0.1, -0.05) is 18.2 Å². The maximum atomic E-state index is 12.9. The smallest absolute Gasteiger partial charge is 0.281 e. The summed E-state index contributed by atoms with van der Waals surface area (Å²) in [6.45, 7) is 1.59. The molecule has 1 aromatic carbocycles. The molecule has 0 bridgehead atoms. The Bertz CT molecular complexity index is 1130. The number of nitriles is 1. The van der Waals surface area contributed by atoms with E-state index in [0.29, 0.717) is 17.0 Å². The molecule has 2 aromatic heterocycles. The highest BCUT2D eigenvalue weighted by Crippen LogP contribution is 2.30. The molecule has 0 spiro atoms. The number of nitrogens with zero attached hydrogens (tertiary/aromatic N) is 5. The van der Waals surface area contributed by atoms with Crippen LogP contribution in [-0.4, -0.2) is 21.8 Å². The largest absolute Gasteiger partial charge is 0.494 e. The summed E-state index contributed by atoms with van der Waals surface area (Å²) in [5.74, 6) is 0.0870. The summed E-state index contributed by atoms with van der Waals surface area (Å²) in [5.41, 5.74) is 0.777. The summed E-state index contributed by atoms with van der Waals surface area (Å²) in [6.07, 6.45) is 3.18. The van der Waals surface area contributed by atoms with Crippen LogP contribution in [0.4, 0.5) is 11.4 Å². The van der Waals surface area contributed by atoms with Crippen LogP contribution in [0.2, 0.25) is 0 Å². The number of hydrogen-bond acceptors (Lipinski definition) is 7. The molecule has 0 fully saturated rings. The van der Waals surface area contributed by atoms with Crippen LogP contribution in [-0.2, 0) is 6.54 Å². The van der Waals surface area contributed by atoms with Crippen molar-refractivity contribution in [3.63, 3.8) is 0 Å². The summed E-state index contributed by atoms with van der Waals surface area (Å²) in [4.78, 5) is 16.9. The van der Waals surface area contributed by atoms with Crippen LogP contribution in [0.1, 0.15) is 16.7 Å². The van der Waals surface area contributed by atoms with Gasteiger partial charge in [0.05, 0.1) is 13.7 Å². The van der Waals surface area contributed by atoms with Gasteiger partial charge in [0.25, 0.3) is 5.56 Å². The lowest BCUT2D eigenvalue weighted by atomic mass is 10.1. The molecule has 3 aromatic rings. The Morgan fingerprint density at radius 1 is 1.25 bits per heavy atom. The topological polar surface area (TPSA) is 113 Å². The minimum atomic E-state index is -0.559. The number of pyridine rings is 2. The normalized spacial score (nSPS) is 10.8. The quantitative estimate of drug-likeness (QED) is 0.685. The van der Waals surface area contributed by atoms with E-state index in [1.165, 1.54) is 7.11 Å². The van der Waals surface area contributed by atoms with Crippen molar-refractivity contribution < 1.29 is 9.84 Å². The van der Waals surface area contributed by atoms with Crippen LogP contribution >= 0.6 is 0 Å². The number of rotatable bonds is 5. The van der Waals surface area contributed by atoms with E-state index in [1.54, 1.807) is 55.7 Å². The Balaban J connectivity index is 2.13. The average Bonchev–Trinajstić information content (AvgIpc) is 2.72. The zero-order valence-corrected chi connectivity index (χ0v) is 15.3. The Morgan fingerprint density at radius 2 is 2.04 bits per heavy atom. The molecule has 3 rings (SSSR count). The fourth-order valence-corrected chi connectivity index (χ4v) is 2.69. The third kappa shape index (κ3) is 3.59. The zero-order valence-electron chi connectivity index (χ0n) is 15.3. The molecule has 1 N–H and O–H groups in total. The monoisotopic (exact) mass is 375 g/mol. The van der Waals surface area contributed by atoms with E-state index < -0.39 is 11.4 Å². The van der Waals surface area contributed by atoms with Crippen LogP contribution < -0.4 is 10.3 Å². The van der Waals surface area contributed by atoms with Gasteiger partial charge in [-0.3, -0.25) is 14.3 Å². The van der Waals surface area contributed by atoms with E-state index in [0.717, 1.165) is 4.57 Å². The van der Waals surface area contributed by atoms with Gasteiger partial charge in [-0.15, -0.1) is 10.2 Å². The van der Waals surface area contributed by atoms with Crippen LogP contribution in [0.3, 0.4) is 0 Å². The predicted octanol–water partition coefficient (Wildman–Crippen LogP) is 3.60. The van der Waals surface area contributed by atoms with Crippen molar-refractivity contribution >= 4 is 11.4 Å². The van der Waals surface area contributed by atoms with Gasteiger partial charge in [-0.25, -0.2) is 0 Å². The van der Waals surface area contributed by atoms with E-state index >= 15 is 0 Å². The number of ether oxygens (including phenoxy) is 1. The molecule has 0 saturated heterocycles. The van der Waals surface area contributed by atoms with Gasteiger partial charge in [0.2, 0.25) is 5.88 Å². The number of hydrogen-bond donors (Lipinski definition) is 1. The molecule has 0 saturated carbocycles. The van der Waals surface area contributed by atoms with Crippen molar-refractivity contribution in [3.8, 4) is 17.7 Å². The second kappa shape index (κ2) is 8.14. The maximum Gasteiger partial charge on any atom is 0.281 e. The van der Waals surface area contributed by atoms with Gasteiger partial charge in [-0.2, -0.15) is 5.26 Å². The number of aromatic nitrogens is 2. The van der Waals surface area contributed by atoms with Crippen molar-refractivity contribution in [1.29, 1.82) is 5.26 Å². The summed E-state index contributed by atoms with van der Waals surface area (Å²) in [6, 6.07) is 12.4. The van der Waals surface area contributed by atoms with E-state index in [1.807, 2.05) is 6.07 Å². The lowest BCUT2D eigenvalue weighted by Crippen LogP contribution is -2.22. The van der Waals surface area contributed by atoms with Crippen LogP contribution in [0.15, 0.2) is 63.8 Å². The van der Waals surface area contributed by atoms with Crippen LogP contribution in [0, 0.1) is 18.3 Å². The van der Waals surface area contributed by atoms with Crippen molar-refractivity contribution in [2.24, 2.45) is 10.2 Å². The van der Waals surface area contributed by atoms with Gasteiger partial charge < -0.3 is 9.84 Å². The molecule has 0 radical (unpaired) electrons. The van der Waals surface area contributed by atoms with E-state index in [-0.39, 0.29) is 23.4 Å². The van der Waals surface area contributed by atoms with Crippen LogP contribution in [0.5, 0.6) is 11.6 Å².